The quantitative estimate of drug-likeness (QED) is 0.674. The van der Waals surface area contributed by atoms with E-state index in [9.17, 15) is 9.59 Å². The average Bonchev–Trinajstić information content (AvgIpc) is 3.32. The molecule has 0 bridgehead atoms. The molecule has 1 unspecified atom stereocenters. The first-order chi connectivity index (χ1) is 13.6. The highest BCUT2D eigenvalue weighted by Gasteiger charge is 2.45. The molecule has 1 aliphatic heterocycles. The first kappa shape index (κ1) is 18.2. The zero-order chi connectivity index (χ0) is 19.6. The van der Waals surface area contributed by atoms with Crippen LogP contribution in [0.3, 0.4) is 0 Å². The SMILES string of the molecule is NC(=O)C1(Cc2ccccc2)CC(CNC(=O)c2cc3ccccc3s2)=NO1. The summed E-state index contributed by atoms with van der Waals surface area (Å²) in [6.07, 6.45) is 0.588. The number of thiophene rings is 1. The number of oxime groups is 1. The minimum atomic E-state index is -1.21. The largest absolute Gasteiger partial charge is 0.378 e. The summed E-state index contributed by atoms with van der Waals surface area (Å²) in [4.78, 5) is 30.6. The van der Waals surface area contributed by atoms with Crippen LogP contribution in [0, 0.1) is 0 Å². The van der Waals surface area contributed by atoms with Gasteiger partial charge in [-0.15, -0.1) is 11.3 Å². The molecule has 1 aliphatic rings. The van der Waals surface area contributed by atoms with Crippen molar-refractivity contribution in [2.24, 2.45) is 10.9 Å². The van der Waals surface area contributed by atoms with Gasteiger partial charge in [-0.2, -0.15) is 0 Å². The number of hydrogen-bond acceptors (Lipinski definition) is 5. The van der Waals surface area contributed by atoms with Crippen LogP contribution in [0.1, 0.15) is 21.7 Å². The highest BCUT2D eigenvalue weighted by molar-refractivity contribution is 7.20. The molecule has 2 amide bonds. The standard InChI is InChI=1S/C21H19N3O3S/c22-20(26)21(11-14-6-2-1-3-7-14)12-16(24-27-21)13-23-19(25)18-10-15-8-4-5-9-17(15)28-18/h1-10H,11-13H2,(H2,22,26)(H,23,25). The van der Waals surface area contributed by atoms with Crippen molar-refractivity contribution in [2.75, 3.05) is 6.54 Å². The Morgan fingerprint density at radius 2 is 1.89 bits per heavy atom. The molecule has 3 N–H and O–H groups in total. The van der Waals surface area contributed by atoms with Gasteiger partial charge in [0.25, 0.3) is 11.8 Å². The van der Waals surface area contributed by atoms with E-state index in [0.29, 0.717) is 17.0 Å². The lowest BCUT2D eigenvalue weighted by molar-refractivity contribution is -0.140. The van der Waals surface area contributed by atoms with Gasteiger partial charge in [0.1, 0.15) is 0 Å². The molecule has 6 nitrogen and oxygen atoms in total. The van der Waals surface area contributed by atoms with Crippen molar-refractivity contribution in [3.63, 3.8) is 0 Å². The van der Waals surface area contributed by atoms with Crippen LogP contribution in [0.5, 0.6) is 0 Å². The van der Waals surface area contributed by atoms with Crippen LogP contribution in [0.2, 0.25) is 0 Å². The maximum atomic E-state index is 12.5. The number of carbonyl (C=O) groups excluding carboxylic acids is 2. The third-order valence-corrected chi connectivity index (χ3v) is 5.84. The fraction of sp³-hybridized carbons (Fsp3) is 0.190. The topological polar surface area (TPSA) is 93.8 Å². The Hall–Kier alpha value is -3.19. The third kappa shape index (κ3) is 3.61. The number of carbonyl (C=O) groups is 2. The van der Waals surface area contributed by atoms with Crippen LogP contribution in [0.4, 0.5) is 0 Å². The number of nitrogens with two attached hydrogens (primary N) is 1. The van der Waals surface area contributed by atoms with E-state index >= 15 is 0 Å². The summed E-state index contributed by atoms with van der Waals surface area (Å²) in [5.41, 5.74) is 5.92. The number of benzene rings is 2. The van der Waals surface area contributed by atoms with Gasteiger partial charge >= 0.3 is 0 Å². The summed E-state index contributed by atoms with van der Waals surface area (Å²) >= 11 is 1.44. The molecule has 0 aliphatic carbocycles. The monoisotopic (exact) mass is 393 g/mol. The van der Waals surface area contributed by atoms with Crippen LogP contribution in [0.25, 0.3) is 10.1 Å². The van der Waals surface area contributed by atoms with E-state index in [1.165, 1.54) is 11.3 Å². The Bertz CT molecular complexity index is 1030. The molecule has 2 aromatic carbocycles. The predicted molar refractivity (Wildman–Crippen MR) is 109 cm³/mol. The molecule has 0 spiro atoms. The first-order valence-electron chi connectivity index (χ1n) is 8.90. The Labute approximate surface area is 166 Å². The molecule has 0 radical (unpaired) electrons. The van der Waals surface area contributed by atoms with Crippen molar-refractivity contribution in [3.8, 4) is 0 Å². The second-order valence-electron chi connectivity index (χ2n) is 6.78. The molecule has 0 fully saturated rings. The molecule has 3 aromatic rings. The van der Waals surface area contributed by atoms with E-state index in [4.69, 9.17) is 10.6 Å². The summed E-state index contributed by atoms with van der Waals surface area (Å²) in [5.74, 6) is -0.741. The maximum absolute atomic E-state index is 12.5. The van der Waals surface area contributed by atoms with Gasteiger partial charge in [0.15, 0.2) is 0 Å². The van der Waals surface area contributed by atoms with Crippen LogP contribution >= 0.6 is 11.3 Å². The van der Waals surface area contributed by atoms with Gasteiger partial charge in [0.2, 0.25) is 5.60 Å². The summed E-state index contributed by atoms with van der Waals surface area (Å²) < 4.78 is 1.06. The van der Waals surface area contributed by atoms with Gasteiger partial charge in [-0.3, -0.25) is 9.59 Å². The van der Waals surface area contributed by atoms with Gasteiger partial charge in [0, 0.05) is 17.5 Å². The zero-order valence-corrected chi connectivity index (χ0v) is 15.9. The molecular weight excluding hydrogens is 374 g/mol. The smallest absolute Gasteiger partial charge is 0.265 e. The Morgan fingerprint density at radius 1 is 1.14 bits per heavy atom. The van der Waals surface area contributed by atoms with E-state index in [-0.39, 0.29) is 18.9 Å². The second-order valence-corrected chi connectivity index (χ2v) is 7.86. The maximum Gasteiger partial charge on any atom is 0.265 e. The summed E-state index contributed by atoms with van der Waals surface area (Å²) in [7, 11) is 0. The fourth-order valence-corrected chi connectivity index (χ4v) is 4.22. The van der Waals surface area contributed by atoms with E-state index in [2.05, 4.69) is 10.5 Å². The minimum Gasteiger partial charge on any atom is -0.378 e. The number of hydrogen-bond donors (Lipinski definition) is 2. The van der Waals surface area contributed by atoms with Gasteiger partial charge in [-0.25, -0.2) is 0 Å². The number of nitrogens with zero attached hydrogens (tertiary/aromatic N) is 1. The molecule has 142 valence electrons. The number of amides is 2. The van der Waals surface area contributed by atoms with E-state index in [1.54, 1.807) is 0 Å². The van der Waals surface area contributed by atoms with Crippen molar-refractivity contribution >= 4 is 38.9 Å². The van der Waals surface area contributed by atoms with Gasteiger partial charge in [0.05, 0.1) is 17.1 Å². The van der Waals surface area contributed by atoms with Crippen LogP contribution in [-0.4, -0.2) is 29.7 Å². The molecule has 1 atom stereocenters. The van der Waals surface area contributed by atoms with E-state index in [0.717, 1.165) is 15.6 Å². The van der Waals surface area contributed by atoms with Crippen molar-refractivity contribution in [2.45, 2.75) is 18.4 Å². The lowest BCUT2D eigenvalue weighted by Crippen LogP contribution is -2.46. The second kappa shape index (κ2) is 7.44. The fourth-order valence-electron chi connectivity index (χ4n) is 3.24. The van der Waals surface area contributed by atoms with Crippen LogP contribution in [0.15, 0.2) is 65.8 Å². The van der Waals surface area contributed by atoms with E-state index < -0.39 is 11.5 Å². The minimum absolute atomic E-state index is 0.177. The molecule has 1 aromatic heterocycles. The normalized spacial score (nSPS) is 18.5. The van der Waals surface area contributed by atoms with Crippen LogP contribution < -0.4 is 11.1 Å². The van der Waals surface area contributed by atoms with Crippen molar-refractivity contribution in [3.05, 3.63) is 71.1 Å². The van der Waals surface area contributed by atoms with Gasteiger partial charge in [-0.05, 0) is 23.1 Å². The van der Waals surface area contributed by atoms with Crippen molar-refractivity contribution < 1.29 is 14.4 Å². The highest BCUT2D eigenvalue weighted by Crippen LogP contribution is 2.28. The van der Waals surface area contributed by atoms with Crippen molar-refractivity contribution in [1.82, 2.24) is 5.32 Å². The molecule has 0 saturated heterocycles. The Balaban J connectivity index is 1.40. The number of rotatable bonds is 6. The molecule has 7 heteroatoms. The molecule has 28 heavy (non-hydrogen) atoms. The third-order valence-electron chi connectivity index (χ3n) is 4.72. The lowest BCUT2D eigenvalue weighted by atomic mass is 9.89. The average molecular weight is 393 g/mol. The Morgan fingerprint density at radius 3 is 2.64 bits per heavy atom. The highest BCUT2D eigenvalue weighted by atomic mass is 32.1. The summed E-state index contributed by atoms with van der Waals surface area (Å²) in [6, 6.07) is 19.2. The lowest BCUT2D eigenvalue weighted by Gasteiger charge is -2.22. The predicted octanol–water partition coefficient (Wildman–Crippen LogP) is 2.87. The molecule has 0 saturated carbocycles. The summed E-state index contributed by atoms with van der Waals surface area (Å²) in [5, 5.41) is 7.91. The molecular formula is C21H19N3O3S. The van der Waals surface area contributed by atoms with Gasteiger partial charge < -0.3 is 15.9 Å². The molecule has 4 rings (SSSR count). The number of nitrogens with one attached hydrogen (secondary N) is 1. The first-order valence-corrected chi connectivity index (χ1v) is 9.72. The van der Waals surface area contributed by atoms with Crippen LogP contribution in [-0.2, 0) is 16.1 Å². The number of fused-ring (bicyclic) bond motifs is 1. The van der Waals surface area contributed by atoms with E-state index in [1.807, 2.05) is 60.7 Å². The Kier molecular flexibility index (Phi) is 4.83. The summed E-state index contributed by atoms with van der Waals surface area (Å²) in [6.45, 7) is 0.205. The molecule has 2 heterocycles. The van der Waals surface area contributed by atoms with Gasteiger partial charge in [-0.1, -0.05) is 53.7 Å². The number of primary amides is 1. The van der Waals surface area contributed by atoms with Crippen molar-refractivity contribution in [1.29, 1.82) is 0 Å². The zero-order valence-electron chi connectivity index (χ0n) is 15.1.